The Balaban J connectivity index is 0.00000243. The minimum Gasteiger partial charge on any atom is -0.379 e. The van der Waals surface area contributed by atoms with Crippen molar-refractivity contribution in [2.45, 2.75) is 38.6 Å². The number of aliphatic imine (C=N–C) groups is 1. The predicted octanol–water partition coefficient (Wildman–Crippen LogP) is 2.41. The molecule has 2 aliphatic heterocycles. The van der Waals surface area contributed by atoms with E-state index in [0.29, 0.717) is 12.0 Å². The molecular formula is C18H32IN5OS. The number of nitrogens with one attached hydrogen (secondary N) is 1. The van der Waals surface area contributed by atoms with Crippen molar-refractivity contribution < 1.29 is 4.74 Å². The van der Waals surface area contributed by atoms with Crippen LogP contribution < -0.4 is 5.32 Å². The SMILES string of the molecule is CN=C(NCCc1csc(C(C)C)n1)N1CCC(N2CCOCC2)C1.I. The number of rotatable bonds is 5. The van der Waals surface area contributed by atoms with Crippen LogP contribution in [0.25, 0.3) is 0 Å². The summed E-state index contributed by atoms with van der Waals surface area (Å²) in [7, 11) is 1.88. The van der Waals surface area contributed by atoms with E-state index >= 15 is 0 Å². The highest BCUT2D eigenvalue weighted by atomic mass is 127. The molecule has 0 saturated carbocycles. The van der Waals surface area contributed by atoms with E-state index in [9.17, 15) is 0 Å². The van der Waals surface area contributed by atoms with E-state index in [1.807, 2.05) is 7.05 Å². The lowest BCUT2D eigenvalue weighted by Gasteiger charge is -2.32. The van der Waals surface area contributed by atoms with Crippen molar-refractivity contribution in [2.24, 2.45) is 4.99 Å². The second kappa shape index (κ2) is 10.8. The largest absolute Gasteiger partial charge is 0.379 e. The molecule has 148 valence electrons. The Hall–Kier alpha value is -0.450. The smallest absolute Gasteiger partial charge is 0.193 e. The van der Waals surface area contributed by atoms with Gasteiger partial charge in [0.25, 0.3) is 0 Å². The van der Waals surface area contributed by atoms with Gasteiger partial charge in [0.2, 0.25) is 0 Å². The minimum atomic E-state index is 0. The first-order chi connectivity index (χ1) is 12.2. The molecule has 0 spiro atoms. The first kappa shape index (κ1) is 21.8. The van der Waals surface area contributed by atoms with Crippen LogP contribution in [0.2, 0.25) is 0 Å². The molecule has 0 amide bonds. The van der Waals surface area contributed by atoms with Crippen LogP contribution in [0.1, 0.15) is 36.9 Å². The number of nitrogens with zero attached hydrogens (tertiary/aromatic N) is 4. The van der Waals surface area contributed by atoms with Crippen LogP contribution in [0, 0.1) is 0 Å². The van der Waals surface area contributed by atoms with E-state index in [2.05, 4.69) is 39.3 Å². The van der Waals surface area contributed by atoms with Crippen molar-refractivity contribution in [1.29, 1.82) is 0 Å². The second-order valence-electron chi connectivity index (χ2n) is 7.09. The third-order valence-electron chi connectivity index (χ3n) is 4.96. The summed E-state index contributed by atoms with van der Waals surface area (Å²) in [5.74, 6) is 1.54. The number of morpholine rings is 1. The lowest BCUT2D eigenvalue weighted by molar-refractivity contribution is 0.0195. The molecule has 1 aromatic heterocycles. The maximum atomic E-state index is 5.47. The minimum absolute atomic E-state index is 0. The number of halogens is 1. The zero-order chi connectivity index (χ0) is 17.6. The van der Waals surface area contributed by atoms with Crippen molar-refractivity contribution in [3.8, 4) is 0 Å². The van der Waals surface area contributed by atoms with Crippen LogP contribution in [-0.4, -0.2) is 79.8 Å². The summed E-state index contributed by atoms with van der Waals surface area (Å²) in [4.78, 5) is 14.2. The quantitative estimate of drug-likeness (QED) is 0.388. The highest BCUT2D eigenvalue weighted by Crippen LogP contribution is 2.19. The van der Waals surface area contributed by atoms with E-state index in [1.54, 1.807) is 11.3 Å². The Morgan fingerprint density at radius 1 is 1.38 bits per heavy atom. The van der Waals surface area contributed by atoms with Crippen LogP contribution in [-0.2, 0) is 11.2 Å². The molecule has 2 fully saturated rings. The third-order valence-corrected chi connectivity index (χ3v) is 6.16. The lowest BCUT2D eigenvalue weighted by atomic mass is 10.2. The monoisotopic (exact) mass is 493 g/mol. The molecule has 1 N–H and O–H groups in total. The normalized spacial score (nSPS) is 21.9. The standard InChI is InChI=1S/C18H31N5OS.HI/c1-14(2)17-21-15(13-25-17)4-6-20-18(19-3)23-7-5-16(12-23)22-8-10-24-11-9-22;/h13-14,16H,4-12H2,1-3H3,(H,19,20);1H. The Morgan fingerprint density at radius 2 is 2.15 bits per heavy atom. The van der Waals surface area contributed by atoms with E-state index in [0.717, 1.165) is 58.3 Å². The van der Waals surface area contributed by atoms with E-state index in [1.165, 1.54) is 17.1 Å². The number of hydrogen-bond acceptors (Lipinski definition) is 5. The Kier molecular flexibility index (Phi) is 9.05. The van der Waals surface area contributed by atoms with Crippen molar-refractivity contribution in [2.75, 3.05) is 53.0 Å². The Bertz CT molecular complexity index is 574. The van der Waals surface area contributed by atoms with E-state index in [-0.39, 0.29) is 24.0 Å². The number of ether oxygens (including phenoxy) is 1. The summed E-state index contributed by atoms with van der Waals surface area (Å²) in [5, 5.41) is 6.93. The molecule has 26 heavy (non-hydrogen) atoms. The zero-order valence-electron chi connectivity index (χ0n) is 16.1. The molecule has 1 unspecified atom stereocenters. The molecule has 6 nitrogen and oxygen atoms in total. The van der Waals surface area contributed by atoms with Gasteiger partial charge in [0.1, 0.15) is 0 Å². The third kappa shape index (κ3) is 5.77. The summed E-state index contributed by atoms with van der Waals surface area (Å²) in [6, 6.07) is 0.634. The molecule has 8 heteroatoms. The fourth-order valence-corrected chi connectivity index (χ4v) is 4.38. The second-order valence-corrected chi connectivity index (χ2v) is 7.98. The molecule has 1 atom stereocenters. The molecule has 2 saturated heterocycles. The molecule has 3 heterocycles. The molecule has 0 aliphatic carbocycles. The van der Waals surface area contributed by atoms with Crippen LogP contribution in [0.4, 0.5) is 0 Å². The van der Waals surface area contributed by atoms with Gasteiger partial charge in [0.15, 0.2) is 5.96 Å². The summed E-state index contributed by atoms with van der Waals surface area (Å²) in [6.45, 7) is 11.3. The molecule has 1 aromatic rings. The molecule has 0 aromatic carbocycles. The maximum Gasteiger partial charge on any atom is 0.193 e. The van der Waals surface area contributed by atoms with Gasteiger partial charge >= 0.3 is 0 Å². The van der Waals surface area contributed by atoms with E-state index in [4.69, 9.17) is 9.72 Å². The highest BCUT2D eigenvalue weighted by molar-refractivity contribution is 14.0. The average molecular weight is 493 g/mol. The Labute approximate surface area is 178 Å². The van der Waals surface area contributed by atoms with Crippen molar-refractivity contribution in [1.82, 2.24) is 20.1 Å². The summed E-state index contributed by atoms with van der Waals surface area (Å²) < 4.78 is 5.47. The van der Waals surface area contributed by atoms with Crippen LogP contribution in [0.3, 0.4) is 0 Å². The van der Waals surface area contributed by atoms with Crippen LogP contribution >= 0.6 is 35.3 Å². The number of hydrogen-bond donors (Lipinski definition) is 1. The molecule has 2 aliphatic rings. The molecule has 0 bridgehead atoms. The number of thiazole rings is 1. The van der Waals surface area contributed by atoms with Crippen LogP contribution in [0.15, 0.2) is 10.4 Å². The van der Waals surface area contributed by atoms with Gasteiger partial charge in [-0.05, 0) is 6.42 Å². The Morgan fingerprint density at radius 3 is 2.81 bits per heavy atom. The predicted molar refractivity (Wildman–Crippen MR) is 119 cm³/mol. The van der Waals surface area contributed by atoms with Crippen molar-refractivity contribution in [3.05, 3.63) is 16.1 Å². The average Bonchev–Trinajstić information content (AvgIpc) is 3.29. The first-order valence-electron chi connectivity index (χ1n) is 9.39. The van der Waals surface area contributed by atoms with Gasteiger partial charge in [-0.1, -0.05) is 13.8 Å². The first-order valence-corrected chi connectivity index (χ1v) is 10.3. The maximum absolute atomic E-state index is 5.47. The fraction of sp³-hybridized carbons (Fsp3) is 0.778. The summed E-state index contributed by atoms with van der Waals surface area (Å²) in [6.07, 6.45) is 2.16. The van der Waals surface area contributed by atoms with Gasteiger partial charge in [-0.15, -0.1) is 35.3 Å². The molecule has 3 rings (SSSR count). The number of aromatic nitrogens is 1. The van der Waals surface area contributed by atoms with Gasteiger partial charge in [-0.3, -0.25) is 9.89 Å². The fourth-order valence-electron chi connectivity index (χ4n) is 3.51. The number of likely N-dealkylation sites (tertiary alicyclic amines) is 1. The van der Waals surface area contributed by atoms with Gasteiger partial charge in [-0.2, -0.15) is 0 Å². The zero-order valence-corrected chi connectivity index (χ0v) is 19.3. The van der Waals surface area contributed by atoms with E-state index < -0.39 is 0 Å². The summed E-state index contributed by atoms with van der Waals surface area (Å²) >= 11 is 1.77. The van der Waals surface area contributed by atoms with Gasteiger partial charge in [0.05, 0.1) is 23.9 Å². The van der Waals surface area contributed by atoms with Gasteiger partial charge in [0, 0.05) is 63.5 Å². The lowest BCUT2D eigenvalue weighted by Crippen LogP contribution is -2.46. The highest BCUT2D eigenvalue weighted by Gasteiger charge is 2.30. The number of guanidine groups is 1. The van der Waals surface area contributed by atoms with Gasteiger partial charge in [-0.25, -0.2) is 4.98 Å². The molecule has 0 radical (unpaired) electrons. The van der Waals surface area contributed by atoms with Gasteiger partial charge < -0.3 is 15.0 Å². The van der Waals surface area contributed by atoms with Crippen LogP contribution in [0.5, 0.6) is 0 Å². The van der Waals surface area contributed by atoms with Crippen molar-refractivity contribution in [3.63, 3.8) is 0 Å². The summed E-state index contributed by atoms with van der Waals surface area (Å²) in [5.41, 5.74) is 1.18. The molecular weight excluding hydrogens is 461 g/mol. The van der Waals surface area contributed by atoms with Crippen molar-refractivity contribution >= 4 is 41.3 Å². The topological polar surface area (TPSA) is 53.0 Å².